The van der Waals surface area contributed by atoms with Crippen LogP contribution in [0.3, 0.4) is 0 Å². The van der Waals surface area contributed by atoms with Crippen LogP contribution in [-0.2, 0) is 0 Å². The van der Waals surface area contributed by atoms with Crippen molar-refractivity contribution in [3.63, 3.8) is 0 Å². The number of carbonyl (C=O) groups is 1. The summed E-state index contributed by atoms with van der Waals surface area (Å²) in [6.45, 7) is 4.02. The van der Waals surface area contributed by atoms with E-state index < -0.39 is 0 Å². The highest BCUT2D eigenvalue weighted by molar-refractivity contribution is 5.73. The number of nitrogens with zero attached hydrogens (tertiary/aromatic N) is 2. The van der Waals surface area contributed by atoms with Crippen LogP contribution in [0.1, 0.15) is 32.6 Å². The maximum Gasteiger partial charge on any atom is 0.319 e. The lowest BCUT2D eigenvalue weighted by molar-refractivity contribution is 0.149. The van der Waals surface area contributed by atoms with Crippen molar-refractivity contribution in [2.45, 2.75) is 44.7 Å². The van der Waals surface area contributed by atoms with Crippen LogP contribution in [-0.4, -0.2) is 66.8 Å². The minimum Gasteiger partial charge on any atom is -0.396 e. The zero-order valence-corrected chi connectivity index (χ0v) is 11.9. The molecule has 0 spiro atoms. The number of nitrogens with one attached hydrogen (secondary N) is 1. The van der Waals surface area contributed by atoms with E-state index >= 15 is 0 Å². The average molecular weight is 257 g/mol. The number of rotatable bonds is 5. The molecule has 0 radical (unpaired) electrons. The second kappa shape index (κ2) is 7.59. The summed E-state index contributed by atoms with van der Waals surface area (Å²) in [5, 5.41) is 12.6. The molecule has 0 aromatic rings. The van der Waals surface area contributed by atoms with E-state index in [-0.39, 0.29) is 12.6 Å². The van der Waals surface area contributed by atoms with E-state index in [9.17, 15) is 4.79 Å². The molecule has 0 aromatic carbocycles. The van der Waals surface area contributed by atoms with E-state index in [0.29, 0.717) is 12.1 Å². The van der Waals surface area contributed by atoms with Crippen LogP contribution in [0, 0.1) is 0 Å². The lowest BCUT2D eigenvalue weighted by atomic mass is 10.0. The van der Waals surface area contributed by atoms with Crippen molar-refractivity contribution in [1.82, 2.24) is 15.1 Å². The molecule has 1 heterocycles. The van der Waals surface area contributed by atoms with Gasteiger partial charge in [-0.05, 0) is 25.7 Å². The molecular weight excluding hydrogens is 230 g/mol. The normalized spacial score (nSPS) is 18.8. The van der Waals surface area contributed by atoms with Gasteiger partial charge in [-0.15, -0.1) is 0 Å². The summed E-state index contributed by atoms with van der Waals surface area (Å²) in [6, 6.07) is 0.986. The van der Waals surface area contributed by atoms with Gasteiger partial charge in [-0.2, -0.15) is 0 Å². The molecule has 0 aliphatic carbocycles. The molecule has 2 N–H and O–H groups in total. The molecule has 5 heteroatoms. The Kier molecular flexibility index (Phi) is 6.43. The SMILES string of the molecule is CCC(CCO)NC1CCN(C(=O)N(C)C)CC1. The van der Waals surface area contributed by atoms with Crippen LogP contribution in [0.5, 0.6) is 0 Å². The van der Waals surface area contributed by atoms with E-state index in [2.05, 4.69) is 12.2 Å². The third kappa shape index (κ3) is 4.46. The molecular formula is C13H27N3O2. The van der Waals surface area contributed by atoms with Gasteiger partial charge in [-0.25, -0.2) is 4.79 Å². The minimum atomic E-state index is 0.107. The Bertz CT molecular complexity index is 251. The Morgan fingerprint density at radius 1 is 1.44 bits per heavy atom. The summed E-state index contributed by atoms with van der Waals surface area (Å²) in [6.07, 6.45) is 3.85. The second-order valence-corrected chi connectivity index (χ2v) is 5.22. The van der Waals surface area contributed by atoms with Crippen LogP contribution in [0.25, 0.3) is 0 Å². The highest BCUT2D eigenvalue weighted by Gasteiger charge is 2.24. The van der Waals surface area contributed by atoms with Gasteiger partial charge in [0.1, 0.15) is 0 Å². The second-order valence-electron chi connectivity index (χ2n) is 5.22. The fourth-order valence-electron chi connectivity index (χ4n) is 2.41. The lowest BCUT2D eigenvalue weighted by Crippen LogP contribution is -2.50. The third-order valence-electron chi connectivity index (χ3n) is 3.59. The number of urea groups is 1. The summed E-state index contributed by atoms with van der Waals surface area (Å²) in [5.41, 5.74) is 0. The topological polar surface area (TPSA) is 55.8 Å². The molecule has 2 amide bonds. The number of likely N-dealkylation sites (tertiary alicyclic amines) is 1. The standard InChI is InChI=1S/C13H27N3O2/c1-4-11(7-10-17)14-12-5-8-16(9-6-12)13(18)15(2)3/h11-12,14,17H,4-10H2,1-3H3. The minimum absolute atomic E-state index is 0.107. The quantitative estimate of drug-likeness (QED) is 0.769. The number of amides is 2. The fraction of sp³-hybridized carbons (Fsp3) is 0.923. The number of aliphatic hydroxyl groups is 1. The van der Waals surface area contributed by atoms with Crippen molar-refractivity contribution in [3.05, 3.63) is 0 Å². The van der Waals surface area contributed by atoms with E-state index in [1.165, 1.54) is 0 Å². The van der Waals surface area contributed by atoms with Gasteiger partial charge in [-0.1, -0.05) is 6.92 Å². The van der Waals surface area contributed by atoms with Crippen molar-refractivity contribution in [2.24, 2.45) is 0 Å². The van der Waals surface area contributed by atoms with E-state index in [0.717, 1.165) is 38.8 Å². The van der Waals surface area contributed by atoms with Crippen LogP contribution < -0.4 is 5.32 Å². The van der Waals surface area contributed by atoms with Crippen LogP contribution in [0.2, 0.25) is 0 Å². The first-order chi connectivity index (χ1) is 8.58. The van der Waals surface area contributed by atoms with Crippen LogP contribution in [0.15, 0.2) is 0 Å². The highest BCUT2D eigenvalue weighted by atomic mass is 16.3. The first-order valence-corrected chi connectivity index (χ1v) is 6.91. The summed E-state index contributed by atoms with van der Waals surface area (Å²) in [7, 11) is 3.59. The van der Waals surface area contributed by atoms with Gasteiger partial charge in [0.05, 0.1) is 0 Å². The monoisotopic (exact) mass is 257 g/mol. The van der Waals surface area contributed by atoms with Crippen LogP contribution >= 0.6 is 0 Å². The predicted octanol–water partition coefficient (Wildman–Crippen LogP) is 0.883. The number of carbonyl (C=O) groups excluding carboxylic acids is 1. The van der Waals surface area contributed by atoms with E-state index in [1.54, 1.807) is 19.0 Å². The zero-order valence-electron chi connectivity index (χ0n) is 11.9. The van der Waals surface area contributed by atoms with Gasteiger partial charge in [0, 0.05) is 45.9 Å². The smallest absolute Gasteiger partial charge is 0.319 e. The lowest BCUT2D eigenvalue weighted by Gasteiger charge is -2.35. The van der Waals surface area contributed by atoms with Crippen LogP contribution in [0.4, 0.5) is 4.79 Å². The van der Waals surface area contributed by atoms with Gasteiger partial charge >= 0.3 is 6.03 Å². The van der Waals surface area contributed by atoms with Crippen molar-refractivity contribution in [2.75, 3.05) is 33.8 Å². The van der Waals surface area contributed by atoms with Gasteiger partial charge in [0.15, 0.2) is 0 Å². The van der Waals surface area contributed by atoms with Gasteiger partial charge in [-0.3, -0.25) is 0 Å². The van der Waals surface area contributed by atoms with Crippen molar-refractivity contribution in [1.29, 1.82) is 0 Å². The molecule has 1 saturated heterocycles. The van der Waals surface area contributed by atoms with E-state index in [4.69, 9.17) is 5.11 Å². The Hall–Kier alpha value is -0.810. The maximum absolute atomic E-state index is 11.8. The van der Waals surface area contributed by atoms with Gasteiger partial charge in [0.25, 0.3) is 0 Å². The third-order valence-corrected chi connectivity index (χ3v) is 3.59. The number of hydrogen-bond acceptors (Lipinski definition) is 3. The molecule has 1 rings (SSSR count). The fourth-order valence-corrected chi connectivity index (χ4v) is 2.41. The van der Waals surface area contributed by atoms with Crippen molar-refractivity contribution >= 4 is 6.03 Å². The molecule has 1 aliphatic heterocycles. The Balaban J connectivity index is 2.32. The Morgan fingerprint density at radius 3 is 2.50 bits per heavy atom. The van der Waals surface area contributed by atoms with Crippen molar-refractivity contribution < 1.29 is 9.90 Å². The average Bonchev–Trinajstić information content (AvgIpc) is 2.38. The number of hydrogen-bond donors (Lipinski definition) is 2. The maximum atomic E-state index is 11.8. The number of piperidine rings is 1. The predicted molar refractivity (Wildman–Crippen MR) is 72.6 cm³/mol. The molecule has 0 saturated carbocycles. The molecule has 1 unspecified atom stereocenters. The molecule has 106 valence electrons. The zero-order chi connectivity index (χ0) is 13.5. The molecule has 1 fully saturated rings. The van der Waals surface area contributed by atoms with Crippen molar-refractivity contribution in [3.8, 4) is 0 Å². The summed E-state index contributed by atoms with van der Waals surface area (Å²) in [4.78, 5) is 15.3. The summed E-state index contributed by atoms with van der Waals surface area (Å²) in [5.74, 6) is 0. The van der Waals surface area contributed by atoms with Gasteiger partial charge < -0.3 is 20.2 Å². The molecule has 0 bridgehead atoms. The Labute approximate surface area is 110 Å². The molecule has 1 atom stereocenters. The first-order valence-electron chi connectivity index (χ1n) is 6.91. The summed E-state index contributed by atoms with van der Waals surface area (Å²) >= 11 is 0. The molecule has 1 aliphatic rings. The molecule has 5 nitrogen and oxygen atoms in total. The Morgan fingerprint density at radius 2 is 2.06 bits per heavy atom. The van der Waals surface area contributed by atoms with E-state index in [1.807, 2.05) is 4.90 Å². The number of aliphatic hydroxyl groups excluding tert-OH is 1. The molecule has 18 heavy (non-hydrogen) atoms. The first kappa shape index (κ1) is 15.2. The molecule has 0 aromatic heterocycles. The highest BCUT2D eigenvalue weighted by Crippen LogP contribution is 2.13. The summed E-state index contributed by atoms with van der Waals surface area (Å²) < 4.78 is 0. The van der Waals surface area contributed by atoms with Gasteiger partial charge in [0.2, 0.25) is 0 Å². The largest absolute Gasteiger partial charge is 0.396 e.